The van der Waals surface area contributed by atoms with Crippen molar-refractivity contribution >= 4 is 11.8 Å². The van der Waals surface area contributed by atoms with Crippen LogP contribution < -0.4 is 5.32 Å². The van der Waals surface area contributed by atoms with Crippen LogP contribution in [0.1, 0.15) is 29.7 Å². The SMILES string of the molecule is CNC(C)c1ccc(SCc2ccccc2C)c(F)c1. The zero-order valence-corrected chi connectivity index (χ0v) is 12.9. The predicted octanol–water partition coefficient (Wildman–Crippen LogP) is 4.71. The van der Waals surface area contributed by atoms with Crippen molar-refractivity contribution in [1.82, 2.24) is 5.32 Å². The summed E-state index contributed by atoms with van der Waals surface area (Å²) in [5.74, 6) is 0.660. The number of hydrogen-bond donors (Lipinski definition) is 1. The molecule has 2 rings (SSSR count). The van der Waals surface area contributed by atoms with Gasteiger partial charge in [0.1, 0.15) is 5.82 Å². The van der Waals surface area contributed by atoms with Gasteiger partial charge in [-0.1, -0.05) is 30.3 Å². The van der Waals surface area contributed by atoms with E-state index < -0.39 is 0 Å². The minimum absolute atomic E-state index is 0.136. The van der Waals surface area contributed by atoms with E-state index in [1.165, 1.54) is 11.1 Å². The molecule has 0 radical (unpaired) electrons. The Kier molecular flexibility index (Phi) is 5.21. The van der Waals surface area contributed by atoms with Gasteiger partial charge in [0.15, 0.2) is 0 Å². The molecule has 0 amide bonds. The van der Waals surface area contributed by atoms with Gasteiger partial charge in [-0.3, -0.25) is 0 Å². The summed E-state index contributed by atoms with van der Waals surface area (Å²) in [6.07, 6.45) is 0. The van der Waals surface area contributed by atoms with E-state index in [2.05, 4.69) is 24.4 Å². The van der Waals surface area contributed by atoms with E-state index in [1.807, 2.05) is 38.2 Å². The van der Waals surface area contributed by atoms with E-state index in [1.54, 1.807) is 17.8 Å². The molecule has 1 atom stereocenters. The zero-order valence-electron chi connectivity index (χ0n) is 12.1. The number of nitrogens with one attached hydrogen (secondary N) is 1. The molecule has 106 valence electrons. The Balaban J connectivity index is 2.09. The van der Waals surface area contributed by atoms with Gasteiger partial charge in [0.2, 0.25) is 0 Å². The Morgan fingerprint density at radius 2 is 1.95 bits per heavy atom. The highest BCUT2D eigenvalue weighted by Crippen LogP contribution is 2.28. The van der Waals surface area contributed by atoms with E-state index in [4.69, 9.17) is 0 Å². The van der Waals surface area contributed by atoms with Crippen molar-refractivity contribution < 1.29 is 4.39 Å². The van der Waals surface area contributed by atoms with Gasteiger partial charge in [-0.25, -0.2) is 4.39 Å². The Morgan fingerprint density at radius 1 is 1.20 bits per heavy atom. The second kappa shape index (κ2) is 6.91. The van der Waals surface area contributed by atoms with Crippen molar-refractivity contribution in [2.24, 2.45) is 0 Å². The molecule has 0 aromatic heterocycles. The first-order chi connectivity index (χ1) is 9.61. The van der Waals surface area contributed by atoms with Crippen LogP contribution in [0.5, 0.6) is 0 Å². The molecule has 1 unspecified atom stereocenters. The van der Waals surface area contributed by atoms with Gasteiger partial charge in [0, 0.05) is 16.7 Å². The summed E-state index contributed by atoms with van der Waals surface area (Å²) in [6, 6.07) is 13.9. The molecule has 2 aromatic rings. The fraction of sp³-hybridized carbons (Fsp3) is 0.294. The average Bonchev–Trinajstić information content (AvgIpc) is 2.46. The summed E-state index contributed by atoms with van der Waals surface area (Å²) in [4.78, 5) is 0.709. The van der Waals surface area contributed by atoms with Gasteiger partial charge in [0.25, 0.3) is 0 Å². The molecular formula is C17H20FNS. The molecule has 1 N–H and O–H groups in total. The quantitative estimate of drug-likeness (QED) is 0.800. The van der Waals surface area contributed by atoms with Gasteiger partial charge in [0.05, 0.1) is 0 Å². The standard InChI is InChI=1S/C17H20FNS/c1-12-6-4-5-7-15(12)11-20-17-9-8-14(10-16(17)18)13(2)19-3/h4-10,13,19H,11H2,1-3H3. The minimum Gasteiger partial charge on any atom is -0.313 e. The lowest BCUT2D eigenvalue weighted by molar-refractivity contribution is 0.587. The number of rotatable bonds is 5. The molecule has 0 saturated carbocycles. The van der Waals surface area contributed by atoms with Gasteiger partial charge in [-0.15, -0.1) is 11.8 Å². The summed E-state index contributed by atoms with van der Waals surface area (Å²) < 4.78 is 14.1. The van der Waals surface area contributed by atoms with Crippen LogP contribution in [0.15, 0.2) is 47.4 Å². The largest absolute Gasteiger partial charge is 0.313 e. The van der Waals surface area contributed by atoms with E-state index in [-0.39, 0.29) is 11.9 Å². The molecule has 20 heavy (non-hydrogen) atoms. The summed E-state index contributed by atoms with van der Waals surface area (Å²) in [7, 11) is 1.88. The first-order valence-electron chi connectivity index (χ1n) is 6.76. The molecule has 2 aromatic carbocycles. The summed E-state index contributed by atoms with van der Waals surface area (Å²) in [6.45, 7) is 4.11. The minimum atomic E-state index is -0.136. The van der Waals surface area contributed by atoms with Gasteiger partial charge in [-0.2, -0.15) is 0 Å². The Morgan fingerprint density at radius 3 is 2.60 bits per heavy atom. The van der Waals surface area contributed by atoms with Crippen molar-refractivity contribution in [3.63, 3.8) is 0 Å². The lowest BCUT2D eigenvalue weighted by Gasteiger charge is -2.12. The van der Waals surface area contributed by atoms with Crippen LogP contribution >= 0.6 is 11.8 Å². The smallest absolute Gasteiger partial charge is 0.137 e. The first-order valence-corrected chi connectivity index (χ1v) is 7.74. The molecule has 3 heteroatoms. The van der Waals surface area contributed by atoms with Gasteiger partial charge < -0.3 is 5.32 Å². The second-order valence-electron chi connectivity index (χ2n) is 4.92. The fourth-order valence-corrected chi connectivity index (χ4v) is 2.99. The first kappa shape index (κ1) is 15.1. The van der Waals surface area contributed by atoms with Crippen LogP contribution in [-0.4, -0.2) is 7.05 Å². The average molecular weight is 289 g/mol. The number of thioether (sulfide) groups is 1. The Labute approximate surface area is 124 Å². The summed E-state index contributed by atoms with van der Waals surface area (Å²) >= 11 is 1.55. The molecule has 0 saturated heterocycles. The topological polar surface area (TPSA) is 12.0 Å². The molecule has 0 fully saturated rings. The van der Waals surface area contributed by atoms with Crippen LogP contribution in [0, 0.1) is 12.7 Å². The monoisotopic (exact) mass is 289 g/mol. The highest BCUT2D eigenvalue weighted by molar-refractivity contribution is 7.98. The Hall–Kier alpha value is -1.32. The summed E-state index contributed by atoms with van der Waals surface area (Å²) in [5.41, 5.74) is 3.48. The maximum absolute atomic E-state index is 14.1. The molecule has 0 aliphatic carbocycles. The predicted molar refractivity (Wildman–Crippen MR) is 84.6 cm³/mol. The molecule has 0 spiro atoms. The normalized spacial score (nSPS) is 12.4. The van der Waals surface area contributed by atoms with Crippen LogP contribution in [-0.2, 0) is 5.75 Å². The third-order valence-electron chi connectivity index (χ3n) is 3.53. The number of benzene rings is 2. The molecular weight excluding hydrogens is 269 g/mol. The lowest BCUT2D eigenvalue weighted by Crippen LogP contribution is -2.12. The molecule has 0 bridgehead atoms. The van der Waals surface area contributed by atoms with E-state index >= 15 is 0 Å². The third kappa shape index (κ3) is 3.62. The fourth-order valence-electron chi connectivity index (χ4n) is 2.00. The Bertz CT molecular complexity index is 583. The van der Waals surface area contributed by atoms with Gasteiger partial charge >= 0.3 is 0 Å². The molecule has 0 aliphatic rings. The molecule has 0 aliphatic heterocycles. The third-order valence-corrected chi connectivity index (χ3v) is 4.63. The van der Waals surface area contributed by atoms with E-state index in [0.29, 0.717) is 4.90 Å². The van der Waals surface area contributed by atoms with E-state index in [9.17, 15) is 4.39 Å². The number of hydrogen-bond acceptors (Lipinski definition) is 2. The number of aryl methyl sites for hydroxylation is 1. The maximum Gasteiger partial charge on any atom is 0.137 e. The van der Waals surface area contributed by atoms with Crippen molar-refractivity contribution in [2.45, 2.75) is 30.5 Å². The van der Waals surface area contributed by atoms with Crippen LogP contribution in [0.25, 0.3) is 0 Å². The van der Waals surface area contributed by atoms with Crippen LogP contribution in [0.4, 0.5) is 4.39 Å². The van der Waals surface area contributed by atoms with Crippen molar-refractivity contribution in [3.05, 3.63) is 65.0 Å². The van der Waals surface area contributed by atoms with E-state index in [0.717, 1.165) is 11.3 Å². The van der Waals surface area contributed by atoms with Crippen molar-refractivity contribution in [2.75, 3.05) is 7.05 Å². The maximum atomic E-state index is 14.1. The van der Waals surface area contributed by atoms with Gasteiger partial charge in [-0.05, 0) is 49.7 Å². The highest BCUT2D eigenvalue weighted by Gasteiger charge is 2.08. The second-order valence-corrected chi connectivity index (χ2v) is 5.93. The summed E-state index contributed by atoms with van der Waals surface area (Å²) in [5, 5.41) is 3.12. The zero-order chi connectivity index (χ0) is 14.5. The molecule has 1 nitrogen and oxygen atoms in total. The van der Waals surface area contributed by atoms with Crippen LogP contribution in [0.3, 0.4) is 0 Å². The van der Waals surface area contributed by atoms with Crippen molar-refractivity contribution in [1.29, 1.82) is 0 Å². The van der Waals surface area contributed by atoms with Crippen molar-refractivity contribution in [3.8, 4) is 0 Å². The highest BCUT2D eigenvalue weighted by atomic mass is 32.2. The molecule has 0 heterocycles. The van der Waals surface area contributed by atoms with Crippen LogP contribution in [0.2, 0.25) is 0 Å². The lowest BCUT2D eigenvalue weighted by atomic mass is 10.1. The number of halogens is 1.